The third kappa shape index (κ3) is 7.03. The Balaban J connectivity index is 1.41. The van der Waals surface area contributed by atoms with Crippen molar-refractivity contribution in [2.24, 2.45) is 10.9 Å². The number of hydrogen-bond donors (Lipinski definition) is 2. The number of halogens is 3. The highest BCUT2D eigenvalue weighted by atomic mass is 19.2. The van der Waals surface area contributed by atoms with E-state index >= 15 is 0 Å². The van der Waals surface area contributed by atoms with Crippen LogP contribution in [-0.4, -0.2) is 81.7 Å². The molecule has 41 heavy (non-hydrogen) atoms. The second-order valence-electron chi connectivity index (χ2n) is 9.74. The van der Waals surface area contributed by atoms with Crippen molar-refractivity contribution in [2.75, 3.05) is 51.9 Å². The number of nitrogens with one attached hydrogen (secondary N) is 2. The van der Waals surface area contributed by atoms with Gasteiger partial charge < -0.3 is 25.0 Å². The number of nitrogens with zero attached hydrogens (tertiary/aromatic N) is 3. The fourth-order valence-corrected chi connectivity index (χ4v) is 5.15. The van der Waals surface area contributed by atoms with Gasteiger partial charge in [0.05, 0.1) is 25.5 Å². The minimum atomic E-state index is -1.35. The lowest BCUT2D eigenvalue weighted by molar-refractivity contribution is -0.144. The number of carbonyl (C=O) groups is 3. The number of ether oxygens (including phenoxy) is 2. The van der Waals surface area contributed by atoms with E-state index < -0.39 is 41.6 Å². The van der Waals surface area contributed by atoms with Crippen LogP contribution in [0, 0.1) is 23.4 Å². The van der Waals surface area contributed by atoms with Gasteiger partial charge in [0.2, 0.25) is 0 Å². The van der Waals surface area contributed by atoms with Crippen LogP contribution in [0.3, 0.4) is 0 Å². The number of rotatable bonds is 9. The van der Waals surface area contributed by atoms with Crippen LogP contribution in [-0.2, 0) is 14.3 Å². The summed E-state index contributed by atoms with van der Waals surface area (Å²) in [7, 11) is 2.47. The molecule has 2 atom stereocenters. The Morgan fingerprint density at radius 2 is 1.78 bits per heavy atom. The lowest BCUT2D eigenvalue weighted by Crippen LogP contribution is -2.54. The van der Waals surface area contributed by atoms with Gasteiger partial charge in [-0.05, 0) is 48.7 Å². The molecule has 2 aromatic carbocycles. The van der Waals surface area contributed by atoms with E-state index in [0.717, 1.165) is 50.9 Å². The molecule has 2 aliphatic heterocycles. The number of carbonyl (C=O) groups excluding carboxylic acids is 3. The Kier molecular flexibility index (Phi) is 9.95. The van der Waals surface area contributed by atoms with E-state index in [9.17, 15) is 27.6 Å². The molecule has 0 aromatic heterocycles. The van der Waals surface area contributed by atoms with E-state index in [1.165, 1.54) is 25.3 Å². The number of piperidine rings is 1. The summed E-state index contributed by atoms with van der Waals surface area (Å²) < 4.78 is 51.4. The molecule has 0 radical (unpaired) electrons. The van der Waals surface area contributed by atoms with Crippen LogP contribution in [0.15, 0.2) is 47.5 Å². The molecule has 0 bridgehead atoms. The molecule has 1 saturated heterocycles. The molecule has 2 N–H and O–H groups in total. The fourth-order valence-electron chi connectivity index (χ4n) is 5.15. The average Bonchev–Trinajstić information content (AvgIpc) is 2.96. The van der Waals surface area contributed by atoms with Gasteiger partial charge in [0, 0.05) is 45.0 Å². The van der Waals surface area contributed by atoms with Gasteiger partial charge in [0.1, 0.15) is 11.7 Å². The predicted octanol–water partition coefficient (Wildman–Crippen LogP) is 3.43. The predicted molar refractivity (Wildman–Crippen MR) is 144 cm³/mol. The highest BCUT2D eigenvalue weighted by molar-refractivity contribution is 6.12. The molecule has 1 fully saturated rings. The zero-order valence-electron chi connectivity index (χ0n) is 22.7. The first-order valence-corrected chi connectivity index (χ1v) is 13.2. The molecule has 220 valence electrons. The monoisotopic (exact) mass is 575 g/mol. The number of hydrogen-bond acceptors (Lipinski definition) is 7. The Morgan fingerprint density at radius 3 is 2.44 bits per heavy atom. The second kappa shape index (κ2) is 13.6. The van der Waals surface area contributed by atoms with Gasteiger partial charge in [-0.1, -0.05) is 12.1 Å². The number of anilines is 1. The summed E-state index contributed by atoms with van der Waals surface area (Å²) in [4.78, 5) is 45.8. The van der Waals surface area contributed by atoms with Gasteiger partial charge in [-0.25, -0.2) is 27.7 Å². The molecule has 2 aliphatic rings. The molecule has 0 spiro atoms. The van der Waals surface area contributed by atoms with E-state index in [1.54, 1.807) is 6.07 Å². The maximum Gasteiger partial charge on any atom is 0.352 e. The van der Waals surface area contributed by atoms with Gasteiger partial charge >= 0.3 is 18.0 Å². The molecular formula is C28H32F3N5O5. The summed E-state index contributed by atoms with van der Waals surface area (Å²) in [5.74, 6) is -4.74. The molecule has 2 heterocycles. The van der Waals surface area contributed by atoms with Crippen molar-refractivity contribution in [3.05, 3.63) is 65.5 Å². The number of esters is 1. The van der Waals surface area contributed by atoms with Crippen molar-refractivity contribution < 1.29 is 37.0 Å². The molecular weight excluding hydrogens is 543 g/mol. The molecule has 4 amide bonds. The van der Waals surface area contributed by atoms with E-state index in [2.05, 4.69) is 20.5 Å². The first-order chi connectivity index (χ1) is 19.7. The van der Waals surface area contributed by atoms with Crippen LogP contribution in [0.4, 0.5) is 28.4 Å². The largest absolute Gasteiger partial charge is 0.468 e. The highest BCUT2D eigenvalue weighted by Gasteiger charge is 2.47. The summed E-state index contributed by atoms with van der Waals surface area (Å²) in [6.07, 6.45) is 1.62. The molecule has 1 unspecified atom stereocenters. The Hall–Kier alpha value is -3.97. The minimum absolute atomic E-state index is 0.00520. The molecule has 0 aliphatic carbocycles. The average molecular weight is 576 g/mol. The Labute approximate surface area is 235 Å². The van der Waals surface area contributed by atoms with E-state index in [4.69, 9.17) is 9.47 Å². The maximum atomic E-state index is 14.2. The van der Waals surface area contributed by atoms with Crippen molar-refractivity contribution in [1.82, 2.24) is 15.5 Å². The highest BCUT2D eigenvalue weighted by Crippen LogP contribution is 2.36. The topological polar surface area (TPSA) is 113 Å². The van der Waals surface area contributed by atoms with Gasteiger partial charge in [0.25, 0.3) is 0 Å². The van der Waals surface area contributed by atoms with Gasteiger partial charge in [-0.2, -0.15) is 4.99 Å². The van der Waals surface area contributed by atoms with Crippen LogP contribution < -0.4 is 15.5 Å². The van der Waals surface area contributed by atoms with Crippen LogP contribution in [0.5, 0.6) is 0 Å². The van der Waals surface area contributed by atoms with Gasteiger partial charge in [0.15, 0.2) is 11.6 Å². The quantitative estimate of drug-likeness (QED) is 0.348. The summed E-state index contributed by atoms with van der Waals surface area (Å²) >= 11 is 0. The number of aliphatic imine (C=N–C) groups is 1. The van der Waals surface area contributed by atoms with Crippen LogP contribution in [0.1, 0.15) is 24.4 Å². The van der Waals surface area contributed by atoms with Crippen LogP contribution in [0.25, 0.3) is 0 Å². The van der Waals surface area contributed by atoms with Crippen molar-refractivity contribution in [2.45, 2.75) is 24.9 Å². The molecule has 0 saturated carbocycles. The minimum Gasteiger partial charge on any atom is -0.468 e. The number of urea groups is 2. The van der Waals surface area contributed by atoms with E-state index in [0.29, 0.717) is 11.4 Å². The number of imide groups is 1. The van der Waals surface area contributed by atoms with Crippen molar-refractivity contribution in [3.63, 3.8) is 0 Å². The second-order valence-corrected chi connectivity index (χ2v) is 9.74. The SMILES string of the molecule is COCC1=NC(=O)N(C(=O)NCCNC2CCN(c3cccc(F)c3)CC2)[C@@H](c2ccc(F)c(F)c2)C1C(=O)OC. The number of amides is 4. The normalized spacial score (nSPS) is 19.6. The lowest BCUT2D eigenvalue weighted by atomic mass is 9.86. The number of benzene rings is 2. The van der Waals surface area contributed by atoms with Crippen LogP contribution in [0.2, 0.25) is 0 Å². The maximum absolute atomic E-state index is 14.2. The fraction of sp³-hybridized carbons (Fsp3) is 0.429. The number of methoxy groups -OCH3 is 2. The van der Waals surface area contributed by atoms with E-state index in [1.807, 2.05) is 6.07 Å². The summed E-state index contributed by atoms with van der Waals surface area (Å²) in [6, 6.07) is 6.32. The van der Waals surface area contributed by atoms with Gasteiger partial charge in [-0.15, -0.1) is 0 Å². The van der Waals surface area contributed by atoms with Crippen molar-refractivity contribution in [3.8, 4) is 0 Å². The molecule has 13 heteroatoms. The molecule has 10 nitrogen and oxygen atoms in total. The summed E-state index contributed by atoms with van der Waals surface area (Å²) in [5.41, 5.74) is 0.836. The first kappa shape index (κ1) is 30.0. The third-order valence-corrected chi connectivity index (χ3v) is 7.15. The Bertz CT molecular complexity index is 1300. The third-order valence-electron chi connectivity index (χ3n) is 7.15. The van der Waals surface area contributed by atoms with Crippen LogP contribution >= 0.6 is 0 Å². The summed E-state index contributed by atoms with van der Waals surface area (Å²) in [5, 5.41) is 6.01. The Morgan fingerprint density at radius 1 is 1.02 bits per heavy atom. The van der Waals surface area contributed by atoms with Crippen molar-refractivity contribution in [1.29, 1.82) is 0 Å². The molecule has 4 rings (SSSR count). The van der Waals surface area contributed by atoms with Crippen molar-refractivity contribution >= 4 is 29.4 Å². The first-order valence-electron chi connectivity index (χ1n) is 13.2. The zero-order valence-corrected chi connectivity index (χ0v) is 22.7. The smallest absolute Gasteiger partial charge is 0.352 e. The lowest BCUT2D eigenvalue weighted by Gasteiger charge is -2.37. The summed E-state index contributed by atoms with van der Waals surface area (Å²) in [6.45, 7) is 1.77. The van der Waals surface area contributed by atoms with E-state index in [-0.39, 0.29) is 36.3 Å². The standard InChI is InChI=1S/C28H32F3N5O5/c1-40-16-23-24(26(37)41-2)25(17-6-7-21(30)22(31)14-17)36(28(39)34-23)27(38)33-11-10-32-19-8-12-35(13-9-19)20-5-3-4-18(29)15-20/h3-7,14-15,19,24-25,32H,8-13,16H2,1-2H3,(H,33,38)/t24?,25-/m0/s1. The van der Waals surface area contributed by atoms with Gasteiger partial charge in [-0.3, -0.25) is 4.79 Å². The molecule has 2 aromatic rings. The zero-order chi connectivity index (χ0) is 29.5.